The van der Waals surface area contributed by atoms with Crippen molar-refractivity contribution in [1.29, 1.82) is 0 Å². The molecule has 0 saturated carbocycles. The van der Waals surface area contributed by atoms with E-state index in [1.54, 1.807) is 0 Å². The lowest BCUT2D eigenvalue weighted by molar-refractivity contribution is 1.06. The van der Waals surface area contributed by atoms with Gasteiger partial charge in [0.1, 0.15) is 0 Å². The molecule has 90 valence electrons. The van der Waals surface area contributed by atoms with E-state index in [1.807, 2.05) is 34.9 Å². The molecule has 4 heteroatoms. The highest BCUT2D eigenvalue weighted by atomic mass is 35.5. The lowest BCUT2D eigenvalue weighted by Crippen LogP contribution is -1.93. The lowest BCUT2D eigenvalue weighted by atomic mass is 10.2. The maximum absolute atomic E-state index is 6.17. The summed E-state index contributed by atoms with van der Waals surface area (Å²) in [6.07, 6.45) is 0. The Morgan fingerprint density at radius 1 is 1.17 bits per heavy atom. The highest BCUT2D eigenvalue weighted by Crippen LogP contribution is 2.25. The van der Waals surface area contributed by atoms with Crippen LogP contribution in [-0.2, 0) is 0 Å². The maximum atomic E-state index is 6.17. The van der Waals surface area contributed by atoms with Crippen molar-refractivity contribution in [1.82, 2.24) is 9.55 Å². The number of hydrogen-bond donors (Lipinski definition) is 1. The van der Waals surface area contributed by atoms with Crippen molar-refractivity contribution in [3.63, 3.8) is 0 Å². The van der Waals surface area contributed by atoms with Crippen molar-refractivity contribution < 1.29 is 0 Å². The molecule has 18 heavy (non-hydrogen) atoms. The number of aryl methyl sites for hydroxylation is 1. The van der Waals surface area contributed by atoms with Crippen LogP contribution in [0.25, 0.3) is 16.7 Å². The number of halogens is 1. The van der Waals surface area contributed by atoms with E-state index in [0.29, 0.717) is 9.79 Å². The third-order valence-corrected chi connectivity index (χ3v) is 3.53. The predicted molar refractivity (Wildman–Crippen MR) is 78.2 cm³/mol. The number of aromatic nitrogens is 2. The van der Waals surface area contributed by atoms with Gasteiger partial charge in [-0.25, -0.2) is 0 Å². The molecule has 2 aromatic carbocycles. The van der Waals surface area contributed by atoms with Gasteiger partial charge in [-0.2, -0.15) is 0 Å². The molecule has 0 radical (unpaired) electrons. The normalized spacial score (nSPS) is 11.0. The Balaban J connectivity index is 2.39. The van der Waals surface area contributed by atoms with Gasteiger partial charge in [0, 0.05) is 5.69 Å². The Hall–Kier alpha value is -1.58. The highest BCUT2D eigenvalue weighted by molar-refractivity contribution is 7.71. The molecule has 0 bridgehead atoms. The zero-order chi connectivity index (χ0) is 12.7. The van der Waals surface area contributed by atoms with Crippen LogP contribution in [0.15, 0.2) is 42.5 Å². The minimum absolute atomic E-state index is 0.656. The van der Waals surface area contributed by atoms with E-state index in [-0.39, 0.29) is 0 Å². The smallest absolute Gasteiger partial charge is 0.182 e. The van der Waals surface area contributed by atoms with Crippen molar-refractivity contribution in [2.45, 2.75) is 6.92 Å². The molecule has 2 nitrogen and oxygen atoms in total. The first-order valence-corrected chi connectivity index (χ1v) is 6.42. The monoisotopic (exact) mass is 274 g/mol. The summed E-state index contributed by atoms with van der Waals surface area (Å²) in [5, 5.41) is 0.685. The van der Waals surface area contributed by atoms with Gasteiger partial charge in [0.05, 0.1) is 16.1 Å². The van der Waals surface area contributed by atoms with Crippen LogP contribution >= 0.6 is 23.8 Å². The number of benzene rings is 2. The van der Waals surface area contributed by atoms with Crippen molar-refractivity contribution in [3.8, 4) is 5.69 Å². The second-order valence-corrected chi connectivity index (χ2v) is 5.03. The molecule has 1 N–H and O–H groups in total. The number of imidazole rings is 1. The van der Waals surface area contributed by atoms with E-state index in [4.69, 9.17) is 23.8 Å². The van der Waals surface area contributed by atoms with Crippen molar-refractivity contribution in [3.05, 3.63) is 57.8 Å². The molecule has 0 atom stereocenters. The Labute approximate surface area is 115 Å². The Bertz CT molecular complexity index is 786. The molecule has 3 rings (SSSR count). The van der Waals surface area contributed by atoms with Gasteiger partial charge in [-0.1, -0.05) is 29.8 Å². The summed E-state index contributed by atoms with van der Waals surface area (Å²) in [7, 11) is 0. The molecule has 1 aromatic heterocycles. The first kappa shape index (κ1) is 11.5. The van der Waals surface area contributed by atoms with Crippen molar-refractivity contribution >= 4 is 34.9 Å². The molecular weight excluding hydrogens is 264 g/mol. The number of rotatable bonds is 1. The minimum atomic E-state index is 0.656. The Kier molecular flexibility index (Phi) is 2.73. The maximum Gasteiger partial charge on any atom is 0.182 e. The lowest BCUT2D eigenvalue weighted by Gasteiger charge is -2.05. The van der Waals surface area contributed by atoms with Gasteiger partial charge < -0.3 is 4.98 Å². The summed E-state index contributed by atoms with van der Waals surface area (Å²) in [6.45, 7) is 2.06. The third-order valence-electron chi connectivity index (χ3n) is 2.93. The average molecular weight is 275 g/mol. The van der Waals surface area contributed by atoms with Gasteiger partial charge >= 0.3 is 0 Å². The van der Waals surface area contributed by atoms with E-state index < -0.39 is 0 Å². The van der Waals surface area contributed by atoms with Gasteiger partial charge in [0.25, 0.3) is 0 Å². The first-order chi connectivity index (χ1) is 8.66. The van der Waals surface area contributed by atoms with E-state index in [0.717, 1.165) is 16.7 Å². The zero-order valence-electron chi connectivity index (χ0n) is 9.77. The highest BCUT2D eigenvalue weighted by Gasteiger charge is 2.08. The zero-order valence-corrected chi connectivity index (χ0v) is 11.3. The van der Waals surface area contributed by atoms with Crippen LogP contribution < -0.4 is 0 Å². The van der Waals surface area contributed by atoms with Gasteiger partial charge in [0.15, 0.2) is 4.77 Å². The molecule has 0 spiro atoms. The number of nitrogens with zero attached hydrogens (tertiary/aromatic N) is 1. The van der Waals surface area contributed by atoms with Crippen LogP contribution in [0.5, 0.6) is 0 Å². The molecule has 1 heterocycles. The summed E-state index contributed by atoms with van der Waals surface area (Å²) in [4.78, 5) is 3.16. The fraction of sp³-hybridized carbons (Fsp3) is 0.0714. The van der Waals surface area contributed by atoms with Gasteiger partial charge in [-0.3, -0.25) is 4.57 Å². The molecule has 0 aliphatic rings. The quantitative estimate of drug-likeness (QED) is 0.641. The number of H-pyrrole nitrogens is 1. The van der Waals surface area contributed by atoms with Crippen molar-refractivity contribution in [2.75, 3.05) is 0 Å². The second-order valence-electron chi connectivity index (χ2n) is 4.24. The van der Waals surface area contributed by atoms with Gasteiger partial charge in [0.2, 0.25) is 0 Å². The number of hydrogen-bond acceptors (Lipinski definition) is 1. The first-order valence-electron chi connectivity index (χ1n) is 5.63. The minimum Gasteiger partial charge on any atom is -0.329 e. The molecule has 0 saturated heterocycles. The van der Waals surface area contributed by atoms with E-state index in [2.05, 4.69) is 24.0 Å². The summed E-state index contributed by atoms with van der Waals surface area (Å²) in [6, 6.07) is 14.0. The topological polar surface area (TPSA) is 20.7 Å². The van der Waals surface area contributed by atoms with Crippen LogP contribution in [0.1, 0.15) is 5.56 Å². The molecule has 0 aliphatic carbocycles. The predicted octanol–water partition coefficient (Wildman–Crippen LogP) is 4.65. The number of nitrogens with one attached hydrogen (secondary N) is 1. The molecule has 0 unspecified atom stereocenters. The van der Waals surface area contributed by atoms with Gasteiger partial charge in [-0.05, 0) is 49.0 Å². The van der Waals surface area contributed by atoms with Crippen LogP contribution in [0.3, 0.4) is 0 Å². The number of fused-ring (bicyclic) bond motifs is 1. The summed E-state index contributed by atoms with van der Waals surface area (Å²) in [5.74, 6) is 0. The molecule has 0 fully saturated rings. The molecule has 0 amide bonds. The second kappa shape index (κ2) is 4.26. The number of para-hydroxylation sites is 1. The molecule has 0 aliphatic heterocycles. The average Bonchev–Trinajstić information content (AvgIpc) is 2.67. The summed E-state index contributed by atoms with van der Waals surface area (Å²) in [5.41, 5.74) is 4.13. The van der Waals surface area contributed by atoms with Crippen LogP contribution in [0.4, 0.5) is 0 Å². The van der Waals surface area contributed by atoms with Crippen LogP contribution in [0.2, 0.25) is 5.02 Å². The van der Waals surface area contributed by atoms with E-state index in [9.17, 15) is 0 Å². The van der Waals surface area contributed by atoms with Crippen LogP contribution in [0, 0.1) is 11.7 Å². The Morgan fingerprint density at radius 3 is 2.72 bits per heavy atom. The fourth-order valence-corrected chi connectivity index (χ4v) is 2.64. The summed E-state index contributed by atoms with van der Waals surface area (Å²) < 4.78 is 2.66. The molecular formula is C14H11ClN2S. The number of aromatic amines is 1. The van der Waals surface area contributed by atoms with E-state index >= 15 is 0 Å². The fourth-order valence-electron chi connectivity index (χ4n) is 2.12. The van der Waals surface area contributed by atoms with E-state index in [1.165, 1.54) is 5.56 Å². The van der Waals surface area contributed by atoms with Gasteiger partial charge in [-0.15, -0.1) is 0 Å². The van der Waals surface area contributed by atoms with Crippen molar-refractivity contribution in [2.24, 2.45) is 0 Å². The largest absolute Gasteiger partial charge is 0.329 e. The summed E-state index contributed by atoms with van der Waals surface area (Å²) >= 11 is 11.6. The molecule has 3 aromatic rings. The third kappa shape index (κ3) is 1.76. The SMILES string of the molecule is Cc1cccc(-n2c(=S)[nH]c3c(Cl)cccc32)c1. The van der Waals surface area contributed by atoms with Crippen LogP contribution in [-0.4, -0.2) is 9.55 Å². The standard InChI is InChI=1S/C14H11ClN2S/c1-9-4-2-5-10(8-9)17-12-7-3-6-11(15)13(12)16-14(17)18/h2-8H,1H3,(H,16,18). The Morgan fingerprint density at radius 2 is 1.94 bits per heavy atom.